The average Bonchev–Trinajstić information content (AvgIpc) is 2.41. The lowest BCUT2D eigenvalue weighted by molar-refractivity contribution is -0.0365. The van der Waals surface area contributed by atoms with E-state index in [-0.39, 0.29) is 0 Å². The Morgan fingerprint density at radius 3 is 2.05 bits per heavy atom. The van der Waals surface area contributed by atoms with Gasteiger partial charge < -0.3 is 0 Å². The van der Waals surface area contributed by atoms with Crippen molar-refractivity contribution in [2.75, 3.05) is 0 Å². The van der Waals surface area contributed by atoms with E-state index in [0.29, 0.717) is 4.83 Å². The molecule has 1 unspecified atom stereocenters. The Hall–Kier alpha value is 0.660. The molecule has 4 fully saturated rings. The summed E-state index contributed by atoms with van der Waals surface area (Å²) in [7, 11) is 0. The highest BCUT2D eigenvalue weighted by molar-refractivity contribution is 9.11. The van der Waals surface area contributed by atoms with Gasteiger partial charge in [-0.05, 0) is 91.9 Å². The molecule has 114 valence electrons. The lowest BCUT2D eigenvalue weighted by Gasteiger charge is -2.55. The monoisotopic (exact) mass is 474 g/mol. The van der Waals surface area contributed by atoms with Crippen LogP contribution >= 0.6 is 47.8 Å². The minimum Gasteiger partial charge on any atom is -0.0835 e. The van der Waals surface area contributed by atoms with Gasteiger partial charge in [0.05, 0.1) is 0 Å². The zero-order valence-corrected chi connectivity index (χ0v) is 17.0. The number of aryl methyl sites for hydroxylation is 1. The Kier molecular flexibility index (Phi) is 4.08. The van der Waals surface area contributed by atoms with Gasteiger partial charge in [-0.15, -0.1) is 0 Å². The second-order valence-electron chi connectivity index (χ2n) is 7.53. The quantitative estimate of drug-likeness (QED) is 0.402. The zero-order chi connectivity index (χ0) is 14.7. The highest BCUT2D eigenvalue weighted by atomic mass is 79.9. The summed E-state index contributed by atoms with van der Waals surface area (Å²) in [6, 6.07) is 4.58. The number of halogens is 3. The highest BCUT2D eigenvalue weighted by Crippen LogP contribution is 2.61. The van der Waals surface area contributed by atoms with Crippen molar-refractivity contribution in [3.05, 3.63) is 32.2 Å². The molecule has 4 saturated carbocycles. The first kappa shape index (κ1) is 15.2. The second-order valence-corrected chi connectivity index (χ2v) is 10.2. The second kappa shape index (κ2) is 5.63. The average molecular weight is 477 g/mol. The predicted octanol–water partition coefficient (Wildman–Crippen LogP) is 7.03. The number of hydrogen-bond donors (Lipinski definition) is 0. The molecule has 0 N–H and O–H groups in total. The van der Waals surface area contributed by atoms with Crippen molar-refractivity contribution in [2.24, 2.45) is 29.6 Å². The number of benzene rings is 1. The SMILES string of the molecule is Cc1cc(Br)c(C(Br)C2C3CC4CC(C3)CC2C4)cc1Br. The van der Waals surface area contributed by atoms with Crippen LogP contribution in [0.5, 0.6) is 0 Å². The first-order valence-electron chi connectivity index (χ1n) is 8.12. The molecule has 1 aromatic rings. The molecule has 4 bridgehead atoms. The van der Waals surface area contributed by atoms with E-state index in [0.717, 1.165) is 29.6 Å². The molecule has 0 aliphatic heterocycles. The summed E-state index contributed by atoms with van der Waals surface area (Å²) in [5.74, 6) is 4.85. The summed E-state index contributed by atoms with van der Waals surface area (Å²) >= 11 is 11.6. The van der Waals surface area contributed by atoms with Gasteiger partial charge in [0.25, 0.3) is 0 Å². The van der Waals surface area contributed by atoms with E-state index < -0.39 is 0 Å². The molecule has 0 spiro atoms. The minimum atomic E-state index is 0.499. The van der Waals surface area contributed by atoms with Crippen molar-refractivity contribution in [1.82, 2.24) is 0 Å². The molecule has 0 radical (unpaired) electrons. The molecule has 0 amide bonds. The van der Waals surface area contributed by atoms with Crippen LogP contribution in [0.3, 0.4) is 0 Å². The third kappa shape index (κ3) is 2.59. The first-order chi connectivity index (χ1) is 10.0. The van der Waals surface area contributed by atoms with Gasteiger partial charge in [-0.25, -0.2) is 0 Å². The maximum atomic E-state index is 4.10. The van der Waals surface area contributed by atoms with Crippen molar-refractivity contribution in [2.45, 2.75) is 43.9 Å². The van der Waals surface area contributed by atoms with Crippen LogP contribution in [0.1, 0.15) is 48.1 Å². The number of hydrogen-bond acceptors (Lipinski definition) is 0. The van der Waals surface area contributed by atoms with Gasteiger partial charge in [0.2, 0.25) is 0 Å². The van der Waals surface area contributed by atoms with Crippen molar-refractivity contribution < 1.29 is 0 Å². The summed E-state index contributed by atoms with van der Waals surface area (Å²) in [6.45, 7) is 2.16. The molecule has 0 nitrogen and oxygen atoms in total. The molecule has 4 aliphatic carbocycles. The summed E-state index contributed by atoms with van der Waals surface area (Å²) in [4.78, 5) is 0.499. The van der Waals surface area contributed by atoms with Crippen molar-refractivity contribution in [3.8, 4) is 0 Å². The van der Waals surface area contributed by atoms with Crippen LogP contribution in [0.25, 0.3) is 0 Å². The fourth-order valence-electron chi connectivity index (χ4n) is 5.53. The summed E-state index contributed by atoms with van der Waals surface area (Å²) in [5.41, 5.74) is 2.74. The Balaban J connectivity index is 1.66. The molecule has 4 aliphatic rings. The van der Waals surface area contributed by atoms with E-state index in [4.69, 9.17) is 0 Å². The molecule has 5 rings (SSSR count). The fourth-order valence-corrected chi connectivity index (χ4v) is 8.14. The van der Waals surface area contributed by atoms with Crippen molar-refractivity contribution in [1.29, 1.82) is 0 Å². The standard InChI is InChI=1S/C18H21Br3/c1-9-2-16(20)14(8-15(9)19)18(21)17-12-4-10-3-11(6-12)7-13(17)5-10/h2,8,10-13,17-18H,3-7H2,1H3. The van der Waals surface area contributed by atoms with Crippen molar-refractivity contribution >= 4 is 47.8 Å². The van der Waals surface area contributed by atoms with E-state index in [1.54, 1.807) is 0 Å². The van der Waals surface area contributed by atoms with Gasteiger partial charge in [0, 0.05) is 13.8 Å². The van der Waals surface area contributed by atoms with Gasteiger partial charge >= 0.3 is 0 Å². The van der Waals surface area contributed by atoms with Crippen LogP contribution in [0.15, 0.2) is 21.1 Å². The van der Waals surface area contributed by atoms with Crippen LogP contribution in [-0.4, -0.2) is 0 Å². The van der Waals surface area contributed by atoms with Crippen LogP contribution in [-0.2, 0) is 0 Å². The molecule has 21 heavy (non-hydrogen) atoms. The van der Waals surface area contributed by atoms with Gasteiger partial charge in [-0.2, -0.15) is 0 Å². The van der Waals surface area contributed by atoms with E-state index in [2.05, 4.69) is 66.8 Å². The predicted molar refractivity (Wildman–Crippen MR) is 98.8 cm³/mol. The minimum absolute atomic E-state index is 0.499. The van der Waals surface area contributed by atoms with Crippen LogP contribution in [0.4, 0.5) is 0 Å². The molecule has 0 saturated heterocycles. The Labute approximate surface area is 152 Å². The van der Waals surface area contributed by atoms with E-state index in [1.165, 1.54) is 52.2 Å². The number of alkyl halides is 1. The summed E-state index contributed by atoms with van der Waals surface area (Å²) < 4.78 is 2.49. The summed E-state index contributed by atoms with van der Waals surface area (Å²) in [5, 5.41) is 0. The first-order valence-corrected chi connectivity index (χ1v) is 10.6. The van der Waals surface area contributed by atoms with Crippen LogP contribution in [0, 0.1) is 36.5 Å². The van der Waals surface area contributed by atoms with Gasteiger partial charge in [0.15, 0.2) is 0 Å². The maximum Gasteiger partial charge on any atom is 0.0440 e. The van der Waals surface area contributed by atoms with Gasteiger partial charge in [-0.1, -0.05) is 47.8 Å². The molecular weight excluding hydrogens is 456 g/mol. The van der Waals surface area contributed by atoms with Crippen LogP contribution in [0.2, 0.25) is 0 Å². The molecule has 3 heteroatoms. The molecule has 1 aromatic carbocycles. The van der Waals surface area contributed by atoms with E-state index >= 15 is 0 Å². The largest absolute Gasteiger partial charge is 0.0835 e. The topological polar surface area (TPSA) is 0 Å². The maximum absolute atomic E-state index is 4.10. The number of rotatable bonds is 2. The Morgan fingerprint density at radius 1 is 0.905 bits per heavy atom. The van der Waals surface area contributed by atoms with E-state index in [9.17, 15) is 0 Å². The third-order valence-electron chi connectivity index (χ3n) is 6.21. The van der Waals surface area contributed by atoms with Gasteiger partial charge in [0.1, 0.15) is 0 Å². The molecule has 0 aromatic heterocycles. The van der Waals surface area contributed by atoms with Gasteiger partial charge in [-0.3, -0.25) is 0 Å². The lowest BCUT2D eigenvalue weighted by atomic mass is 9.51. The molecular formula is C18H21Br3. The summed E-state index contributed by atoms with van der Waals surface area (Å²) in [6.07, 6.45) is 7.50. The molecule has 0 heterocycles. The Bertz CT molecular complexity index is 538. The lowest BCUT2D eigenvalue weighted by Crippen LogP contribution is -2.46. The van der Waals surface area contributed by atoms with E-state index in [1.807, 2.05) is 0 Å². The van der Waals surface area contributed by atoms with Crippen molar-refractivity contribution in [3.63, 3.8) is 0 Å². The van der Waals surface area contributed by atoms with Crippen LogP contribution < -0.4 is 0 Å². The highest BCUT2D eigenvalue weighted by Gasteiger charge is 2.50. The molecule has 1 atom stereocenters. The normalized spacial score (nSPS) is 38.8. The Morgan fingerprint density at radius 2 is 1.48 bits per heavy atom. The fraction of sp³-hybridized carbons (Fsp3) is 0.667. The third-order valence-corrected chi connectivity index (χ3v) is 8.86. The smallest absolute Gasteiger partial charge is 0.0440 e. The zero-order valence-electron chi connectivity index (χ0n) is 12.3.